The molecule has 7 nitrogen and oxygen atoms in total. The van der Waals surface area contributed by atoms with Gasteiger partial charge in [-0.25, -0.2) is 9.79 Å². The molecule has 182 valence electrons. The van der Waals surface area contributed by atoms with Gasteiger partial charge in [-0.05, 0) is 55.3 Å². The molecule has 0 amide bonds. The Balaban J connectivity index is 1.95. The lowest BCUT2D eigenvalue weighted by Gasteiger charge is -2.24. The number of aromatic nitrogens is 1. The van der Waals surface area contributed by atoms with Crippen LogP contribution in [0.3, 0.4) is 0 Å². The van der Waals surface area contributed by atoms with Gasteiger partial charge in [-0.15, -0.1) is 0 Å². The van der Waals surface area contributed by atoms with Crippen molar-refractivity contribution in [1.29, 1.82) is 0 Å². The standard InChI is InChI=1S/C25H22BrClN2O5S/c1-5-34-24(31)21-13(2)28-25-29(22(21)14-6-8-16(27)9-7-14)23(30)20(35-25)11-15-10-18(32-3)19(33-4)12-17(15)26/h6-12,22H,5H2,1-4H3. The number of nitrogens with zero attached hydrogens (tertiary/aromatic N) is 2. The van der Waals surface area contributed by atoms with Gasteiger partial charge in [-0.1, -0.05) is 51.0 Å². The van der Waals surface area contributed by atoms with Gasteiger partial charge in [0.05, 0.1) is 42.7 Å². The van der Waals surface area contributed by atoms with E-state index in [0.29, 0.717) is 37.1 Å². The summed E-state index contributed by atoms with van der Waals surface area (Å²) in [6, 6.07) is 9.92. The van der Waals surface area contributed by atoms with Gasteiger partial charge >= 0.3 is 5.97 Å². The SMILES string of the molecule is CCOC(=O)C1=C(C)N=c2sc(=Cc3cc(OC)c(OC)cc3Br)c(=O)n2C1c1ccc(Cl)cc1. The Morgan fingerprint density at radius 1 is 1.20 bits per heavy atom. The number of benzene rings is 2. The molecule has 1 aliphatic rings. The van der Waals surface area contributed by atoms with E-state index in [0.717, 1.165) is 15.6 Å². The number of hydrogen-bond acceptors (Lipinski definition) is 7. The van der Waals surface area contributed by atoms with Gasteiger partial charge < -0.3 is 14.2 Å². The van der Waals surface area contributed by atoms with Gasteiger partial charge in [0, 0.05) is 9.50 Å². The molecular weight excluding hydrogens is 556 g/mol. The minimum absolute atomic E-state index is 0.209. The molecule has 1 atom stereocenters. The predicted octanol–water partition coefficient (Wildman–Crippen LogP) is 4.23. The first kappa shape index (κ1) is 25.2. The monoisotopic (exact) mass is 576 g/mol. The first-order valence-corrected chi connectivity index (χ1v) is 12.6. The topological polar surface area (TPSA) is 79.1 Å². The highest BCUT2D eigenvalue weighted by atomic mass is 79.9. The van der Waals surface area contributed by atoms with Crippen molar-refractivity contribution < 1.29 is 19.0 Å². The van der Waals surface area contributed by atoms with Crippen molar-refractivity contribution in [1.82, 2.24) is 4.57 Å². The maximum atomic E-state index is 13.7. The molecule has 1 aromatic heterocycles. The Bertz CT molecular complexity index is 1510. The maximum absolute atomic E-state index is 13.7. The summed E-state index contributed by atoms with van der Waals surface area (Å²) in [5.41, 5.74) is 2.01. The van der Waals surface area contributed by atoms with E-state index in [1.165, 1.54) is 15.9 Å². The summed E-state index contributed by atoms with van der Waals surface area (Å²) in [6.45, 7) is 3.69. The number of hydrogen-bond donors (Lipinski definition) is 0. The van der Waals surface area contributed by atoms with Crippen LogP contribution in [0.15, 0.2) is 61.9 Å². The summed E-state index contributed by atoms with van der Waals surface area (Å²) < 4.78 is 18.8. The molecule has 0 bridgehead atoms. The van der Waals surface area contributed by atoms with E-state index in [-0.39, 0.29) is 12.2 Å². The van der Waals surface area contributed by atoms with E-state index in [1.807, 2.05) is 0 Å². The molecule has 0 N–H and O–H groups in total. The number of thiazole rings is 1. The zero-order valence-corrected chi connectivity index (χ0v) is 22.6. The third-order valence-electron chi connectivity index (χ3n) is 5.49. The highest BCUT2D eigenvalue weighted by molar-refractivity contribution is 9.10. The number of fused-ring (bicyclic) bond motifs is 1. The van der Waals surface area contributed by atoms with Gasteiger partial charge in [-0.3, -0.25) is 9.36 Å². The van der Waals surface area contributed by atoms with Crippen molar-refractivity contribution in [2.45, 2.75) is 19.9 Å². The molecule has 10 heteroatoms. The number of carbonyl (C=O) groups is 1. The summed E-state index contributed by atoms with van der Waals surface area (Å²) in [5, 5.41) is 0.554. The average molecular weight is 578 g/mol. The third kappa shape index (κ3) is 4.80. The fraction of sp³-hybridized carbons (Fsp3) is 0.240. The van der Waals surface area contributed by atoms with E-state index in [9.17, 15) is 9.59 Å². The largest absolute Gasteiger partial charge is 0.493 e. The minimum atomic E-state index is -0.696. The first-order valence-electron chi connectivity index (χ1n) is 10.7. The lowest BCUT2D eigenvalue weighted by molar-refractivity contribution is -0.139. The molecule has 1 aliphatic heterocycles. The van der Waals surface area contributed by atoms with Gasteiger partial charge in [0.15, 0.2) is 16.3 Å². The van der Waals surface area contributed by atoms with Crippen molar-refractivity contribution in [3.8, 4) is 11.5 Å². The zero-order valence-electron chi connectivity index (χ0n) is 19.4. The fourth-order valence-electron chi connectivity index (χ4n) is 3.87. The molecule has 0 radical (unpaired) electrons. The second-order valence-electron chi connectivity index (χ2n) is 7.58. The van der Waals surface area contributed by atoms with Crippen LogP contribution in [0.5, 0.6) is 11.5 Å². The molecule has 0 fully saturated rings. The number of carbonyl (C=O) groups excluding carboxylic acids is 1. The number of ether oxygens (including phenoxy) is 3. The molecule has 2 aromatic carbocycles. The van der Waals surface area contributed by atoms with E-state index >= 15 is 0 Å². The summed E-state index contributed by atoms with van der Waals surface area (Å²) in [5.74, 6) is 0.593. The number of allylic oxidation sites excluding steroid dienone is 1. The molecular formula is C25H22BrClN2O5S. The van der Waals surface area contributed by atoms with E-state index in [1.54, 1.807) is 70.5 Å². The van der Waals surface area contributed by atoms with Crippen LogP contribution in [0, 0.1) is 0 Å². The number of methoxy groups -OCH3 is 2. The molecule has 0 saturated carbocycles. The molecule has 1 unspecified atom stereocenters. The number of halogens is 2. The van der Waals surface area contributed by atoms with Crippen molar-refractivity contribution >= 4 is 50.9 Å². The van der Waals surface area contributed by atoms with Crippen molar-refractivity contribution in [2.75, 3.05) is 20.8 Å². The smallest absolute Gasteiger partial charge is 0.338 e. The van der Waals surface area contributed by atoms with Crippen molar-refractivity contribution in [2.24, 2.45) is 4.99 Å². The third-order valence-corrected chi connectivity index (χ3v) is 7.41. The van der Waals surface area contributed by atoms with E-state index in [2.05, 4.69) is 20.9 Å². The van der Waals surface area contributed by atoms with Crippen LogP contribution in [-0.2, 0) is 9.53 Å². The van der Waals surface area contributed by atoms with Crippen LogP contribution in [0.4, 0.5) is 0 Å². The maximum Gasteiger partial charge on any atom is 0.338 e. The van der Waals surface area contributed by atoms with Crippen LogP contribution in [0.25, 0.3) is 6.08 Å². The van der Waals surface area contributed by atoms with Crippen LogP contribution in [0.1, 0.15) is 31.0 Å². The quantitative estimate of drug-likeness (QED) is 0.410. The van der Waals surface area contributed by atoms with E-state index in [4.69, 9.17) is 25.8 Å². The van der Waals surface area contributed by atoms with Crippen LogP contribution in [-0.4, -0.2) is 31.4 Å². The fourth-order valence-corrected chi connectivity index (χ4v) is 5.47. The number of rotatable bonds is 6. The van der Waals surface area contributed by atoms with Gasteiger partial charge in [0.1, 0.15) is 0 Å². The average Bonchev–Trinajstić information content (AvgIpc) is 3.14. The normalized spacial score (nSPS) is 15.5. The van der Waals surface area contributed by atoms with Gasteiger partial charge in [0.25, 0.3) is 5.56 Å². The van der Waals surface area contributed by atoms with Gasteiger partial charge in [0.2, 0.25) is 0 Å². The molecule has 0 saturated heterocycles. The Kier molecular flexibility index (Phi) is 7.49. The highest BCUT2D eigenvalue weighted by Gasteiger charge is 2.33. The summed E-state index contributed by atoms with van der Waals surface area (Å²) in [4.78, 5) is 31.7. The summed E-state index contributed by atoms with van der Waals surface area (Å²) >= 11 is 10.9. The molecule has 3 aromatic rings. The summed E-state index contributed by atoms with van der Waals surface area (Å²) in [6.07, 6.45) is 1.76. The minimum Gasteiger partial charge on any atom is -0.493 e. The molecule has 4 rings (SSSR count). The Labute approximate surface area is 219 Å². The van der Waals surface area contributed by atoms with Crippen molar-refractivity contribution in [3.05, 3.63) is 88.0 Å². The summed E-state index contributed by atoms with van der Waals surface area (Å²) in [7, 11) is 3.11. The molecule has 35 heavy (non-hydrogen) atoms. The molecule has 0 spiro atoms. The van der Waals surface area contributed by atoms with Crippen molar-refractivity contribution in [3.63, 3.8) is 0 Å². The second-order valence-corrected chi connectivity index (χ2v) is 9.88. The Morgan fingerprint density at radius 2 is 1.86 bits per heavy atom. The van der Waals surface area contributed by atoms with Crippen LogP contribution < -0.4 is 24.4 Å². The predicted molar refractivity (Wildman–Crippen MR) is 139 cm³/mol. The van der Waals surface area contributed by atoms with Gasteiger partial charge in [-0.2, -0.15) is 0 Å². The van der Waals surface area contributed by atoms with Crippen LogP contribution >= 0.6 is 38.9 Å². The number of esters is 1. The molecule has 0 aliphatic carbocycles. The zero-order chi connectivity index (χ0) is 25.3. The van der Waals surface area contributed by atoms with Crippen LogP contribution in [0.2, 0.25) is 5.02 Å². The lowest BCUT2D eigenvalue weighted by atomic mass is 9.96. The Hall–Kier alpha value is -2.88. The lowest BCUT2D eigenvalue weighted by Crippen LogP contribution is -2.39. The Morgan fingerprint density at radius 3 is 2.49 bits per heavy atom. The second kappa shape index (κ2) is 10.4. The highest BCUT2D eigenvalue weighted by Crippen LogP contribution is 2.34. The molecule has 2 heterocycles. The first-order chi connectivity index (χ1) is 16.8. The van der Waals surface area contributed by atoms with E-state index < -0.39 is 12.0 Å².